The predicted molar refractivity (Wildman–Crippen MR) is 108 cm³/mol. The number of sulfonamides is 1. The van der Waals surface area contributed by atoms with Gasteiger partial charge in [0.1, 0.15) is 6.10 Å². The fourth-order valence-electron chi connectivity index (χ4n) is 3.20. The molecular weight excluding hydrogens is 392 g/mol. The van der Waals surface area contributed by atoms with Crippen LogP contribution in [0.5, 0.6) is 0 Å². The summed E-state index contributed by atoms with van der Waals surface area (Å²) in [6.07, 6.45) is -0.455. The number of amides is 1. The minimum Gasteiger partial charge on any atom is -0.454 e. The number of hydrogen-bond acceptors (Lipinski definition) is 5. The molecule has 29 heavy (non-hydrogen) atoms. The molecule has 0 unspecified atom stereocenters. The van der Waals surface area contributed by atoms with E-state index in [2.05, 4.69) is 0 Å². The number of hydrogen-bond donors (Lipinski definition) is 0. The molecule has 0 bridgehead atoms. The zero-order chi connectivity index (χ0) is 21.0. The van der Waals surface area contributed by atoms with Gasteiger partial charge in [-0.1, -0.05) is 36.4 Å². The highest BCUT2D eigenvalue weighted by molar-refractivity contribution is 7.89. The second-order valence-corrected chi connectivity index (χ2v) is 8.83. The first-order chi connectivity index (χ1) is 13.8. The highest BCUT2D eigenvalue weighted by Crippen LogP contribution is 2.22. The summed E-state index contributed by atoms with van der Waals surface area (Å²) in [6.45, 7) is 4.39. The van der Waals surface area contributed by atoms with Crippen LogP contribution >= 0.6 is 0 Å². The lowest BCUT2D eigenvalue weighted by Gasteiger charge is -2.33. The van der Waals surface area contributed by atoms with Crippen LogP contribution in [0.4, 0.5) is 0 Å². The van der Waals surface area contributed by atoms with E-state index in [-0.39, 0.29) is 29.5 Å². The maximum absolute atomic E-state index is 13.0. The summed E-state index contributed by atoms with van der Waals surface area (Å²) in [5, 5.41) is 0. The summed E-state index contributed by atoms with van der Waals surface area (Å²) in [4.78, 5) is 25.6. The van der Waals surface area contributed by atoms with Crippen molar-refractivity contribution in [3.8, 4) is 0 Å². The molecule has 0 spiro atoms. The van der Waals surface area contributed by atoms with E-state index in [1.54, 1.807) is 11.8 Å². The first-order valence-electron chi connectivity index (χ1n) is 9.40. The lowest BCUT2D eigenvalue weighted by molar-refractivity contribution is -0.129. The third-order valence-corrected chi connectivity index (χ3v) is 6.84. The Kier molecular flexibility index (Phi) is 6.34. The quantitative estimate of drug-likeness (QED) is 0.699. The Morgan fingerprint density at radius 3 is 2.24 bits per heavy atom. The largest absolute Gasteiger partial charge is 0.454 e. The van der Waals surface area contributed by atoms with Crippen LogP contribution in [0, 0.1) is 0 Å². The fourth-order valence-corrected chi connectivity index (χ4v) is 4.67. The van der Waals surface area contributed by atoms with E-state index in [9.17, 15) is 18.0 Å². The second kappa shape index (κ2) is 8.75. The third-order valence-electron chi connectivity index (χ3n) is 4.94. The molecule has 1 aliphatic heterocycles. The summed E-state index contributed by atoms with van der Waals surface area (Å²) in [5.74, 6) is -0.654. The molecule has 2 aromatic carbocycles. The maximum atomic E-state index is 13.0. The molecule has 154 valence electrons. The van der Waals surface area contributed by atoms with Crippen molar-refractivity contribution in [2.45, 2.75) is 24.8 Å². The van der Waals surface area contributed by atoms with Gasteiger partial charge in [0.2, 0.25) is 15.9 Å². The highest BCUT2D eigenvalue weighted by Gasteiger charge is 2.29. The van der Waals surface area contributed by atoms with Gasteiger partial charge in [0.05, 0.1) is 10.5 Å². The van der Waals surface area contributed by atoms with Gasteiger partial charge < -0.3 is 9.64 Å². The van der Waals surface area contributed by atoms with Crippen molar-refractivity contribution in [1.29, 1.82) is 0 Å². The number of ether oxygens (including phenoxy) is 1. The first kappa shape index (κ1) is 21.0. The summed E-state index contributed by atoms with van der Waals surface area (Å²) < 4.78 is 32.7. The molecule has 1 amide bonds. The molecule has 3 rings (SSSR count). The molecule has 2 aromatic rings. The number of benzene rings is 2. The molecule has 0 saturated carbocycles. The Morgan fingerprint density at radius 1 is 0.966 bits per heavy atom. The van der Waals surface area contributed by atoms with Crippen molar-refractivity contribution in [1.82, 2.24) is 9.21 Å². The van der Waals surface area contributed by atoms with Gasteiger partial charge in [-0.3, -0.25) is 4.79 Å². The zero-order valence-corrected chi connectivity index (χ0v) is 17.3. The second-order valence-electron chi connectivity index (χ2n) is 6.90. The van der Waals surface area contributed by atoms with Crippen LogP contribution in [0.3, 0.4) is 0 Å². The number of rotatable bonds is 5. The molecular formula is C21H24N2O5S. The molecule has 1 aliphatic rings. The van der Waals surface area contributed by atoms with Gasteiger partial charge in [-0.2, -0.15) is 4.31 Å². The van der Waals surface area contributed by atoms with Crippen LogP contribution in [0.2, 0.25) is 0 Å². The average molecular weight is 416 g/mol. The minimum atomic E-state index is -3.76. The molecule has 1 saturated heterocycles. The van der Waals surface area contributed by atoms with Crippen LogP contribution in [-0.2, 0) is 19.6 Å². The zero-order valence-electron chi connectivity index (χ0n) is 16.4. The maximum Gasteiger partial charge on any atom is 0.338 e. The topological polar surface area (TPSA) is 84.0 Å². The predicted octanol–water partition coefficient (Wildman–Crippen LogP) is 2.46. The molecule has 1 heterocycles. The molecule has 0 radical (unpaired) electrons. The van der Waals surface area contributed by atoms with Gasteiger partial charge in [0, 0.05) is 33.1 Å². The van der Waals surface area contributed by atoms with Crippen molar-refractivity contribution in [3.63, 3.8) is 0 Å². The van der Waals surface area contributed by atoms with E-state index in [1.807, 2.05) is 30.3 Å². The highest BCUT2D eigenvalue weighted by atomic mass is 32.2. The Hall–Kier alpha value is -2.71. The van der Waals surface area contributed by atoms with Gasteiger partial charge in [0.15, 0.2) is 0 Å². The first-order valence-corrected chi connectivity index (χ1v) is 10.8. The Bertz CT molecular complexity index is 983. The van der Waals surface area contributed by atoms with Crippen molar-refractivity contribution in [2.75, 3.05) is 26.2 Å². The van der Waals surface area contributed by atoms with Crippen LogP contribution < -0.4 is 0 Å². The van der Waals surface area contributed by atoms with Crippen molar-refractivity contribution in [3.05, 3.63) is 65.7 Å². The Labute approximate surface area is 170 Å². The number of carbonyl (C=O) groups excluding carboxylic acids is 2. The van der Waals surface area contributed by atoms with Crippen molar-refractivity contribution < 1.29 is 22.7 Å². The summed E-state index contributed by atoms with van der Waals surface area (Å²) >= 11 is 0. The van der Waals surface area contributed by atoms with E-state index < -0.39 is 22.1 Å². The minimum absolute atomic E-state index is 0.0376. The van der Waals surface area contributed by atoms with Crippen molar-refractivity contribution >= 4 is 21.9 Å². The molecule has 7 nitrogen and oxygen atoms in total. The summed E-state index contributed by atoms with van der Waals surface area (Å²) in [7, 11) is -3.76. The Balaban J connectivity index is 1.73. The van der Waals surface area contributed by atoms with Gasteiger partial charge in [0.25, 0.3) is 0 Å². The van der Waals surface area contributed by atoms with Crippen LogP contribution in [0.1, 0.15) is 35.9 Å². The molecule has 1 atom stereocenters. The molecule has 0 N–H and O–H groups in total. The SMILES string of the molecule is CC(=O)N1CCN(S(=O)(=O)c2cccc(C(=O)O[C@H](C)c3ccccc3)c2)CC1. The molecule has 1 fully saturated rings. The lowest BCUT2D eigenvalue weighted by Crippen LogP contribution is -2.49. The van der Waals surface area contributed by atoms with Crippen LogP contribution in [0.15, 0.2) is 59.5 Å². The van der Waals surface area contributed by atoms with E-state index in [0.29, 0.717) is 13.1 Å². The average Bonchev–Trinajstić information content (AvgIpc) is 2.74. The number of esters is 1. The molecule has 0 aliphatic carbocycles. The normalized spacial score (nSPS) is 16.3. The van der Waals surface area contributed by atoms with E-state index in [0.717, 1.165) is 5.56 Å². The number of piperazine rings is 1. The van der Waals surface area contributed by atoms with Gasteiger partial charge >= 0.3 is 5.97 Å². The molecule has 8 heteroatoms. The van der Waals surface area contributed by atoms with E-state index in [4.69, 9.17) is 4.74 Å². The van der Waals surface area contributed by atoms with Crippen LogP contribution in [-0.4, -0.2) is 55.7 Å². The molecule has 0 aromatic heterocycles. The van der Waals surface area contributed by atoms with E-state index in [1.165, 1.54) is 35.5 Å². The number of nitrogens with zero attached hydrogens (tertiary/aromatic N) is 2. The fraction of sp³-hybridized carbons (Fsp3) is 0.333. The standard InChI is InChI=1S/C21H24N2O5S/c1-16(18-7-4-3-5-8-18)28-21(25)19-9-6-10-20(15-19)29(26,27)23-13-11-22(12-14-23)17(2)24/h3-10,15-16H,11-14H2,1-2H3/t16-/m1/s1. The van der Waals surface area contributed by atoms with Gasteiger partial charge in [-0.15, -0.1) is 0 Å². The lowest BCUT2D eigenvalue weighted by atomic mass is 10.1. The monoisotopic (exact) mass is 416 g/mol. The van der Waals surface area contributed by atoms with Crippen LogP contribution in [0.25, 0.3) is 0 Å². The number of carbonyl (C=O) groups is 2. The van der Waals surface area contributed by atoms with Gasteiger partial charge in [-0.25, -0.2) is 13.2 Å². The van der Waals surface area contributed by atoms with Gasteiger partial charge in [-0.05, 0) is 30.7 Å². The smallest absolute Gasteiger partial charge is 0.338 e. The Morgan fingerprint density at radius 2 is 1.62 bits per heavy atom. The summed E-state index contributed by atoms with van der Waals surface area (Å²) in [5.41, 5.74) is 1.03. The third kappa shape index (κ3) is 4.83. The summed E-state index contributed by atoms with van der Waals surface area (Å²) in [6, 6.07) is 15.2. The van der Waals surface area contributed by atoms with Crippen molar-refractivity contribution in [2.24, 2.45) is 0 Å². The van der Waals surface area contributed by atoms with E-state index >= 15 is 0 Å².